The van der Waals surface area contributed by atoms with E-state index >= 15 is 0 Å². The average molecular weight is 433 g/mol. The highest BCUT2D eigenvalue weighted by Crippen LogP contribution is 2.09. The molecule has 0 saturated heterocycles. The molecule has 164 valence electrons. The Morgan fingerprint density at radius 2 is 1.50 bits per heavy atom. The summed E-state index contributed by atoms with van der Waals surface area (Å²) in [6.07, 6.45) is 0.971. The normalized spacial score (nSPS) is 11.2. The molecule has 0 heterocycles. The Balaban J connectivity index is 0.000000346. The van der Waals surface area contributed by atoms with E-state index in [1.165, 1.54) is 5.56 Å². The van der Waals surface area contributed by atoms with Crippen molar-refractivity contribution in [2.24, 2.45) is 0 Å². The molecule has 30 heavy (non-hydrogen) atoms. The van der Waals surface area contributed by atoms with Gasteiger partial charge in [-0.3, -0.25) is 4.79 Å². The van der Waals surface area contributed by atoms with E-state index in [1.807, 2.05) is 6.07 Å². The van der Waals surface area contributed by atoms with Gasteiger partial charge in [-0.15, -0.1) is 0 Å². The first kappa shape index (κ1) is 25.6. The first-order valence-electron chi connectivity index (χ1n) is 9.76. The van der Waals surface area contributed by atoms with E-state index in [1.54, 1.807) is 37.3 Å². The minimum absolute atomic E-state index is 0.0478. The lowest BCUT2D eigenvalue weighted by atomic mass is 10.2. The number of carbonyl (C=O) groups excluding carboxylic acids is 1. The molecule has 6 nitrogen and oxygen atoms in total. The second-order valence-electron chi connectivity index (χ2n) is 7.88. The number of rotatable bonds is 9. The van der Waals surface area contributed by atoms with Crippen LogP contribution in [0.25, 0.3) is 0 Å². The Kier molecular flexibility index (Phi) is 10.5. The van der Waals surface area contributed by atoms with E-state index in [9.17, 15) is 17.8 Å². The third-order valence-electron chi connectivity index (χ3n) is 4.25. The van der Waals surface area contributed by atoms with Crippen LogP contribution >= 0.6 is 0 Å². The Labute approximate surface area is 180 Å². The van der Waals surface area contributed by atoms with Crippen LogP contribution in [0.5, 0.6) is 0 Å². The third kappa shape index (κ3) is 12.2. The number of nitrogens with one attached hydrogen (secondary N) is 1. The average Bonchev–Trinajstić information content (AvgIpc) is 2.65. The Bertz CT molecular complexity index is 895. The number of hydrogen-bond donors (Lipinski definition) is 1. The lowest BCUT2D eigenvalue weighted by Gasteiger charge is -2.30. The summed E-state index contributed by atoms with van der Waals surface area (Å²) in [5.41, 5.74) is 2.44. The maximum absolute atomic E-state index is 11.3. The molecule has 0 aliphatic heterocycles. The van der Waals surface area contributed by atoms with Crippen LogP contribution < -0.4 is 5.32 Å². The lowest BCUT2D eigenvalue weighted by Crippen LogP contribution is -2.41. The monoisotopic (exact) mass is 432 g/mol. The van der Waals surface area contributed by atoms with Crippen molar-refractivity contribution in [2.45, 2.75) is 25.6 Å². The summed E-state index contributed by atoms with van der Waals surface area (Å²) < 4.78 is 31.7. The summed E-state index contributed by atoms with van der Waals surface area (Å²) >= 11 is 0. The van der Waals surface area contributed by atoms with Crippen molar-refractivity contribution in [3.63, 3.8) is 0 Å². The van der Waals surface area contributed by atoms with Crippen LogP contribution in [0, 0.1) is 0 Å². The zero-order valence-electron chi connectivity index (χ0n) is 18.0. The van der Waals surface area contributed by atoms with E-state index in [2.05, 4.69) is 50.3 Å². The summed E-state index contributed by atoms with van der Waals surface area (Å²) in [7, 11) is 0.305. The fourth-order valence-electron chi connectivity index (χ4n) is 2.79. The molecule has 0 saturated carbocycles. The molecule has 0 radical (unpaired) electrons. The van der Waals surface area contributed by atoms with Crippen molar-refractivity contribution in [1.82, 2.24) is 5.32 Å². The number of amides is 1. The molecule has 1 amide bonds. The molecule has 2 aromatic carbocycles. The summed E-state index contributed by atoms with van der Waals surface area (Å²) in [5.74, 6) is -0.471. The molecule has 2 rings (SSSR count). The van der Waals surface area contributed by atoms with Crippen molar-refractivity contribution < 1.29 is 22.2 Å². The molecule has 0 aliphatic rings. The maximum Gasteiger partial charge on any atom is 0.246 e. The van der Waals surface area contributed by atoms with Gasteiger partial charge in [0.2, 0.25) is 5.91 Å². The zero-order chi connectivity index (χ0) is 22.6. The van der Waals surface area contributed by atoms with Crippen molar-refractivity contribution in [1.29, 1.82) is 0 Å². The van der Waals surface area contributed by atoms with Crippen LogP contribution in [0.3, 0.4) is 0 Å². The van der Waals surface area contributed by atoms with Gasteiger partial charge in [0.05, 0.1) is 36.5 Å². The number of nitrogens with zero attached hydrogens (tertiary/aromatic N) is 1. The summed E-state index contributed by atoms with van der Waals surface area (Å²) in [5, 5.41) is 2.87. The summed E-state index contributed by atoms with van der Waals surface area (Å²) in [6.45, 7) is 8.10. The zero-order valence-corrected chi connectivity index (χ0v) is 18.8. The predicted octanol–water partition coefficient (Wildman–Crippen LogP) is 3.08. The van der Waals surface area contributed by atoms with E-state index in [-0.39, 0.29) is 5.91 Å². The van der Waals surface area contributed by atoms with Gasteiger partial charge in [-0.25, -0.2) is 8.42 Å². The van der Waals surface area contributed by atoms with Gasteiger partial charge in [-0.05, 0) is 12.5 Å². The van der Waals surface area contributed by atoms with Gasteiger partial charge in [0.1, 0.15) is 6.54 Å². The number of hydrogen-bond acceptors (Lipinski definition) is 4. The molecule has 0 fully saturated rings. The molecule has 0 atom stereocenters. The number of quaternary nitrogens is 1. The van der Waals surface area contributed by atoms with Crippen LogP contribution in [0.4, 0.5) is 0 Å². The molecule has 0 aliphatic carbocycles. The van der Waals surface area contributed by atoms with Crippen LogP contribution in [-0.4, -0.2) is 50.5 Å². The quantitative estimate of drug-likeness (QED) is 0.286. The first-order valence-corrected chi connectivity index (χ1v) is 11.3. The molecule has 0 unspecified atom stereocenters. The molecule has 1 N–H and O–H groups in total. The summed E-state index contributed by atoms with van der Waals surface area (Å²) in [4.78, 5) is 11.3. The fraction of sp³-hybridized carbons (Fsp3) is 0.348. The van der Waals surface area contributed by atoms with Crippen molar-refractivity contribution in [3.8, 4) is 0 Å². The van der Waals surface area contributed by atoms with E-state index < -0.39 is 15.9 Å². The predicted molar refractivity (Wildman–Crippen MR) is 119 cm³/mol. The Hall–Kier alpha value is -2.48. The van der Waals surface area contributed by atoms with Gasteiger partial charge < -0.3 is 14.4 Å². The highest BCUT2D eigenvalue weighted by molar-refractivity contribution is 7.84. The van der Waals surface area contributed by atoms with Gasteiger partial charge in [0, 0.05) is 24.1 Å². The van der Waals surface area contributed by atoms with Crippen molar-refractivity contribution >= 4 is 16.0 Å². The van der Waals surface area contributed by atoms with E-state index in [0.29, 0.717) is 17.7 Å². The molecule has 0 aromatic heterocycles. The summed E-state index contributed by atoms with van der Waals surface area (Å²) in [6, 6.07) is 18.9. The molecule has 0 bridgehead atoms. The topological polar surface area (TPSA) is 86.3 Å². The number of benzene rings is 2. The van der Waals surface area contributed by atoms with Gasteiger partial charge in [0.25, 0.3) is 0 Å². The van der Waals surface area contributed by atoms with Crippen molar-refractivity contribution in [2.75, 3.05) is 27.2 Å². The largest absolute Gasteiger partial charge is 0.748 e. The third-order valence-corrected chi connectivity index (χ3v) is 4.94. The molecular formula is C23H32N2O4S. The lowest BCUT2D eigenvalue weighted by molar-refractivity contribution is -0.903. The Morgan fingerprint density at radius 1 is 1.00 bits per heavy atom. The highest BCUT2D eigenvalue weighted by atomic mass is 32.2. The molecule has 7 heteroatoms. The molecule has 0 spiro atoms. The van der Waals surface area contributed by atoms with Crippen LogP contribution in [0.2, 0.25) is 0 Å². The van der Waals surface area contributed by atoms with E-state index in [4.69, 9.17) is 0 Å². The minimum atomic E-state index is -4.13. The van der Waals surface area contributed by atoms with Gasteiger partial charge in [0.15, 0.2) is 0 Å². The van der Waals surface area contributed by atoms with Gasteiger partial charge in [-0.1, -0.05) is 67.2 Å². The second kappa shape index (κ2) is 12.3. The standard InChI is InChI=1S/C16H24N2O.C7H8O3S/c1-14(2)16(19)17-11-8-12-18(3,4)13-15-9-6-5-7-10-15;8-11(9,10)6-7-4-2-1-3-5-7/h5-7,9-10H,1,8,11-13H2,2-4H3;1-5H,6H2,(H,8,9,10). The first-order chi connectivity index (χ1) is 14.0. The SMILES string of the molecule is C=C(C)C(=O)NCCC[N+](C)(C)Cc1ccccc1.O=S(=O)([O-])Cc1ccccc1. The van der Waals surface area contributed by atoms with Crippen LogP contribution in [0.1, 0.15) is 24.5 Å². The van der Waals surface area contributed by atoms with E-state index in [0.717, 1.165) is 24.0 Å². The minimum Gasteiger partial charge on any atom is -0.748 e. The second-order valence-corrected chi connectivity index (χ2v) is 9.28. The van der Waals surface area contributed by atoms with Crippen molar-refractivity contribution in [3.05, 3.63) is 83.9 Å². The highest BCUT2D eigenvalue weighted by Gasteiger charge is 2.15. The van der Waals surface area contributed by atoms with Crippen LogP contribution in [-0.2, 0) is 27.2 Å². The Morgan fingerprint density at radius 3 is 1.97 bits per heavy atom. The van der Waals surface area contributed by atoms with Gasteiger partial charge >= 0.3 is 0 Å². The maximum atomic E-state index is 11.3. The molecular weight excluding hydrogens is 400 g/mol. The molecule has 2 aromatic rings. The van der Waals surface area contributed by atoms with Gasteiger partial charge in [-0.2, -0.15) is 0 Å². The van der Waals surface area contributed by atoms with Crippen LogP contribution in [0.15, 0.2) is 72.8 Å². The fourth-order valence-corrected chi connectivity index (χ4v) is 3.40. The smallest absolute Gasteiger partial charge is 0.246 e. The number of carbonyl (C=O) groups is 1.